The third-order valence-electron chi connectivity index (χ3n) is 3.85. The van der Waals surface area contributed by atoms with E-state index in [-0.39, 0.29) is 17.9 Å². The third-order valence-corrected chi connectivity index (χ3v) is 3.85. The Morgan fingerprint density at radius 1 is 1.48 bits per heavy atom. The molecule has 2 heterocycles. The number of aromatic nitrogens is 2. The molecule has 0 aliphatic carbocycles. The summed E-state index contributed by atoms with van der Waals surface area (Å²) in [6, 6.07) is -0.854. The van der Waals surface area contributed by atoms with Crippen LogP contribution in [-0.4, -0.2) is 51.9 Å². The van der Waals surface area contributed by atoms with Crippen molar-refractivity contribution in [2.45, 2.75) is 45.8 Å². The maximum Gasteiger partial charge on any atom is 0.244 e. The zero-order valence-electron chi connectivity index (χ0n) is 12.8. The lowest BCUT2D eigenvalue weighted by molar-refractivity contribution is -0.136. The van der Waals surface area contributed by atoms with Gasteiger partial charge in [0.15, 0.2) is 0 Å². The first-order valence-corrected chi connectivity index (χ1v) is 7.40. The van der Waals surface area contributed by atoms with Crippen molar-refractivity contribution in [1.29, 1.82) is 0 Å². The van der Waals surface area contributed by atoms with Crippen LogP contribution in [0.2, 0.25) is 0 Å². The molecule has 1 aliphatic rings. The Kier molecular flexibility index (Phi) is 4.95. The number of likely N-dealkylation sites (N-methyl/N-ethyl adjacent to an activating group) is 1. The van der Waals surface area contributed by atoms with Crippen LogP contribution in [0.4, 0.5) is 0 Å². The number of carbonyl (C=O) groups is 2. The Hall–Kier alpha value is -1.89. The summed E-state index contributed by atoms with van der Waals surface area (Å²) in [7, 11) is 0. The standard InChI is InChI=1S/C14H23N5O2/c1-4-19(5-2)14(21)9(3)18-13(20)11-6-10-12(7-15-11)17-8-16-10/h8-9,11,15H,4-7H2,1-3H3,(H,16,17)(H,18,20). The number of fused-ring (bicyclic) bond motifs is 1. The van der Waals surface area contributed by atoms with Gasteiger partial charge in [-0.3, -0.25) is 14.9 Å². The van der Waals surface area contributed by atoms with Gasteiger partial charge in [0, 0.05) is 26.1 Å². The van der Waals surface area contributed by atoms with Crippen LogP contribution >= 0.6 is 0 Å². The van der Waals surface area contributed by atoms with Gasteiger partial charge < -0.3 is 15.2 Å². The number of carbonyl (C=O) groups excluding carboxylic acids is 2. The highest BCUT2D eigenvalue weighted by Gasteiger charge is 2.28. The molecule has 2 rings (SSSR count). The topological polar surface area (TPSA) is 90.1 Å². The van der Waals surface area contributed by atoms with Crippen LogP contribution in [0.25, 0.3) is 0 Å². The summed E-state index contributed by atoms with van der Waals surface area (Å²) < 4.78 is 0. The lowest BCUT2D eigenvalue weighted by Crippen LogP contribution is -2.53. The molecule has 0 saturated carbocycles. The van der Waals surface area contributed by atoms with E-state index in [4.69, 9.17) is 0 Å². The van der Waals surface area contributed by atoms with Crippen molar-refractivity contribution in [2.75, 3.05) is 13.1 Å². The van der Waals surface area contributed by atoms with Gasteiger partial charge in [-0.15, -0.1) is 0 Å². The number of nitrogens with one attached hydrogen (secondary N) is 3. The number of imidazole rings is 1. The summed E-state index contributed by atoms with van der Waals surface area (Å²) in [4.78, 5) is 33.4. The predicted molar refractivity (Wildman–Crippen MR) is 78.5 cm³/mol. The number of amides is 2. The van der Waals surface area contributed by atoms with Crippen LogP contribution in [0.5, 0.6) is 0 Å². The second-order valence-electron chi connectivity index (χ2n) is 5.21. The van der Waals surface area contributed by atoms with E-state index in [0.29, 0.717) is 26.1 Å². The first-order chi connectivity index (χ1) is 10.1. The van der Waals surface area contributed by atoms with Crippen molar-refractivity contribution in [3.63, 3.8) is 0 Å². The Morgan fingerprint density at radius 2 is 2.19 bits per heavy atom. The van der Waals surface area contributed by atoms with Crippen molar-refractivity contribution in [2.24, 2.45) is 0 Å². The zero-order valence-corrected chi connectivity index (χ0v) is 12.8. The number of aromatic amines is 1. The lowest BCUT2D eigenvalue weighted by atomic mass is 10.0. The molecule has 21 heavy (non-hydrogen) atoms. The summed E-state index contributed by atoms with van der Waals surface area (Å²) in [5, 5.41) is 5.95. The average Bonchev–Trinajstić information content (AvgIpc) is 2.95. The minimum absolute atomic E-state index is 0.0513. The number of hydrogen-bond acceptors (Lipinski definition) is 4. The van der Waals surface area contributed by atoms with Crippen molar-refractivity contribution >= 4 is 11.8 Å². The SMILES string of the molecule is CCN(CC)C(=O)C(C)NC(=O)C1Cc2nc[nH]c2CN1. The molecule has 7 nitrogen and oxygen atoms in total. The molecule has 0 bridgehead atoms. The monoisotopic (exact) mass is 293 g/mol. The highest BCUT2D eigenvalue weighted by molar-refractivity contribution is 5.89. The van der Waals surface area contributed by atoms with Crippen LogP contribution in [0.1, 0.15) is 32.2 Å². The highest BCUT2D eigenvalue weighted by Crippen LogP contribution is 2.12. The van der Waals surface area contributed by atoms with Crippen LogP contribution in [-0.2, 0) is 22.6 Å². The minimum Gasteiger partial charge on any atom is -0.347 e. The molecule has 116 valence electrons. The fourth-order valence-electron chi connectivity index (χ4n) is 2.54. The number of rotatable bonds is 5. The van der Waals surface area contributed by atoms with Gasteiger partial charge >= 0.3 is 0 Å². The summed E-state index contributed by atoms with van der Waals surface area (Å²) >= 11 is 0. The Balaban J connectivity index is 1.91. The molecule has 1 aromatic heterocycles. The summed E-state index contributed by atoms with van der Waals surface area (Å²) in [5.74, 6) is -0.207. The molecule has 0 saturated heterocycles. The summed E-state index contributed by atoms with van der Waals surface area (Å²) in [6.45, 7) is 7.46. The quantitative estimate of drug-likeness (QED) is 0.701. The van der Waals surface area contributed by atoms with Crippen molar-refractivity contribution in [3.05, 3.63) is 17.7 Å². The first kappa shape index (κ1) is 15.5. The second-order valence-corrected chi connectivity index (χ2v) is 5.21. The van der Waals surface area contributed by atoms with Crippen molar-refractivity contribution in [3.8, 4) is 0 Å². The number of nitrogens with zero attached hydrogens (tertiary/aromatic N) is 2. The van der Waals surface area contributed by atoms with Gasteiger partial charge in [-0.2, -0.15) is 0 Å². The zero-order chi connectivity index (χ0) is 15.4. The van der Waals surface area contributed by atoms with E-state index in [1.54, 1.807) is 18.2 Å². The van der Waals surface area contributed by atoms with Crippen LogP contribution in [0.15, 0.2) is 6.33 Å². The Labute approximate surface area is 124 Å². The maximum atomic E-state index is 12.3. The van der Waals surface area contributed by atoms with Gasteiger partial charge in [0.1, 0.15) is 6.04 Å². The van der Waals surface area contributed by atoms with E-state index >= 15 is 0 Å². The molecule has 2 unspecified atom stereocenters. The molecule has 1 aliphatic heterocycles. The molecular weight excluding hydrogens is 270 g/mol. The smallest absolute Gasteiger partial charge is 0.244 e. The predicted octanol–water partition coefficient (Wildman–Crippen LogP) is -0.203. The average molecular weight is 293 g/mol. The van der Waals surface area contributed by atoms with Crippen molar-refractivity contribution < 1.29 is 9.59 Å². The van der Waals surface area contributed by atoms with Crippen LogP contribution in [0, 0.1) is 0 Å². The summed E-state index contributed by atoms with van der Waals surface area (Å²) in [5.41, 5.74) is 1.93. The molecule has 3 N–H and O–H groups in total. The van der Waals surface area contributed by atoms with Crippen LogP contribution in [0.3, 0.4) is 0 Å². The number of hydrogen-bond donors (Lipinski definition) is 3. The fourth-order valence-corrected chi connectivity index (χ4v) is 2.54. The Morgan fingerprint density at radius 3 is 2.86 bits per heavy atom. The number of H-pyrrole nitrogens is 1. The van der Waals surface area contributed by atoms with Gasteiger partial charge in [-0.1, -0.05) is 0 Å². The summed E-state index contributed by atoms with van der Waals surface area (Å²) in [6.07, 6.45) is 2.18. The third kappa shape index (κ3) is 3.41. The lowest BCUT2D eigenvalue weighted by Gasteiger charge is -2.26. The van der Waals surface area contributed by atoms with Gasteiger partial charge in [-0.25, -0.2) is 4.98 Å². The fraction of sp³-hybridized carbons (Fsp3) is 0.643. The van der Waals surface area contributed by atoms with E-state index < -0.39 is 6.04 Å². The molecule has 2 atom stereocenters. The van der Waals surface area contributed by atoms with E-state index in [9.17, 15) is 9.59 Å². The van der Waals surface area contributed by atoms with E-state index in [1.807, 2.05) is 13.8 Å². The van der Waals surface area contributed by atoms with Crippen molar-refractivity contribution in [1.82, 2.24) is 25.5 Å². The molecular formula is C14H23N5O2. The first-order valence-electron chi connectivity index (χ1n) is 7.40. The highest BCUT2D eigenvalue weighted by atomic mass is 16.2. The normalized spacial score (nSPS) is 18.7. The largest absolute Gasteiger partial charge is 0.347 e. The molecule has 0 fully saturated rings. The molecule has 0 spiro atoms. The molecule has 0 aromatic carbocycles. The molecule has 0 radical (unpaired) electrons. The second kappa shape index (κ2) is 6.71. The van der Waals surface area contributed by atoms with Crippen LogP contribution < -0.4 is 10.6 Å². The minimum atomic E-state index is -0.514. The molecule has 7 heteroatoms. The van der Waals surface area contributed by atoms with E-state index in [0.717, 1.165) is 11.4 Å². The molecule has 2 amide bonds. The maximum absolute atomic E-state index is 12.3. The van der Waals surface area contributed by atoms with Gasteiger partial charge in [0.25, 0.3) is 0 Å². The van der Waals surface area contributed by atoms with E-state index in [1.165, 1.54) is 0 Å². The van der Waals surface area contributed by atoms with Gasteiger partial charge in [0.05, 0.1) is 23.8 Å². The van der Waals surface area contributed by atoms with E-state index in [2.05, 4.69) is 20.6 Å². The Bertz CT molecular complexity index is 509. The molecule has 1 aromatic rings. The van der Waals surface area contributed by atoms with Gasteiger partial charge in [0.2, 0.25) is 11.8 Å². The van der Waals surface area contributed by atoms with Gasteiger partial charge in [-0.05, 0) is 20.8 Å².